The smallest absolute Gasteiger partial charge is 0.227 e. The molecular weight excluding hydrogens is 366 g/mol. The van der Waals surface area contributed by atoms with Crippen molar-refractivity contribution >= 4 is 27.9 Å². The van der Waals surface area contributed by atoms with Crippen LogP contribution in [0.2, 0.25) is 0 Å². The van der Waals surface area contributed by atoms with Crippen LogP contribution in [0.25, 0.3) is 22.0 Å². The van der Waals surface area contributed by atoms with Gasteiger partial charge in [-0.1, -0.05) is 12.1 Å². The topological polar surface area (TPSA) is 71.4 Å². The van der Waals surface area contributed by atoms with Crippen molar-refractivity contribution in [1.29, 1.82) is 0 Å². The first-order valence-corrected chi connectivity index (χ1v) is 9.98. The monoisotopic (exact) mass is 389 g/mol. The molecule has 29 heavy (non-hydrogen) atoms. The van der Waals surface area contributed by atoms with Crippen LogP contribution >= 0.6 is 0 Å². The number of hydrogen-bond acceptors (Lipinski definition) is 4. The van der Waals surface area contributed by atoms with Crippen molar-refractivity contribution in [1.82, 2.24) is 14.9 Å². The molecule has 0 saturated carbocycles. The van der Waals surface area contributed by atoms with Gasteiger partial charge in [0.1, 0.15) is 17.2 Å². The summed E-state index contributed by atoms with van der Waals surface area (Å²) in [5.74, 6) is 2.30. The number of amides is 1. The van der Waals surface area contributed by atoms with Crippen molar-refractivity contribution < 1.29 is 13.9 Å². The third kappa shape index (κ3) is 3.35. The zero-order valence-electron chi connectivity index (χ0n) is 16.4. The van der Waals surface area contributed by atoms with Gasteiger partial charge in [-0.3, -0.25) is 4.79 Å². The van der Waals surface area contributed by atoms with E-state index in [0.29, 0.717) is 12.3 Å². The molecule has 0 radical (unpaired) electrons. The molecule has 4 aromatic rings. The van der Waals surface area contributed by atoms with Gasteiger partial charge in [0.15, 0.2) is 0 Å². The van der Waals surface area contributed by atoms with Crippen LogP contribution in [0.3, 0.4) is 0 Å². The zero-order valence-corrected chi connectivity index (χ0v) is 16.4. The molecule has 1 aliphatic heterocycles. The minimum Gasteiger partial charge on any atom is -0.497 e. The molecule has 0 unspecified atom stereocenters. The summed E-state index contributed by atoms with van der Waals surface area (Å²) >= 11 is 0. The van der Waals surface area contributed by atoms with Gasteiger partial charge in [0.05, 0.1) is 30.8 Å². The third-order valence-electron chi connectivity index (χ3n) is 5.85. The van der Waals surface area contributed by atoms with Gasteiger partial charge in [-0.05, 0) is 37.1 Å². The summed E-state index contributed by atoms with van der Waals surface area (Å²) in [7, 11) is 1.63. The summed E-state index contributed by atoms with van der Waals surface area (Å²) in [6.07, 6.45) is 3.89. The standard InChI is InChI=1S/C23H23N3O3/c1-28-17-6-7-18-16(14-29-21(18)13-17)12-22(27)26-10-8-15(9-11-26)23-24-19-4-2-3-5-20(19)25-23/h2-7,13-15H,8-12H2,1H3,(H,24,25). The van der Waals surface area contributed by atoms with Crippen LogP contribution < -0.4 is 4.74 Å². The number of hydrogen-bond donors (Lipinski definition) is 1. The maximum atomic E-state index is 12.9. The fraction of sp³-hybridized carbons (Fsp3) is 0.304. The van der Waals surface area contributed by atoms with Crippen LogP contribution in [0.1, 0.15) is 30.1 Å². The molecule has 6 nitrogen and oxygen atoms in total. The molecule has 148 valence electrons. The Morgan fingerprint density at radius 1 is 1.24 bits per heavy atom. The Hall–Kier alpha value is -3.28. The Morgan fingerprint density at radius 2 is 2.07 bits per heavy atom. The van der Waals surface area contributed by atoms with E-state index in [2.05, 4.69) is 11.1 Å². The number of aromatic nitrogens is 2. The molecular formula is C23H23N3O3. The van der Waals surface area contributed by atoms with Crippen molar-refractivity contribution in [3.63, 3.8) is 0 Å². The predicted octanol–water partition coefficient (Wildman–Crippen LogP) is 4.27. The second-order valence-corrected chi connectivity index (χ2v) is 7.59. The highest BCUT2D eigenvalue weighted by Gasteiger charge is 2.26. The van der Waals surface area contributed by atoms with Crippen LogP contribution in [0, 0.1) is 0 Å². The van der Waals surface area contributed by atoms with Gasteiger partial charge in [-0.2, -0.15) is 0 Å². The van der Waals surface area contributed by atoms with E-state index >= 15 is 0 Å². The Balaban J connectivity index is 1.24. The first-order valence-electron chi connectivity index (χ1n) is 9.98. The lowest BCUT2D eigenvalue weighted by Gasteiger charge is -2.31. The number of nitrogens with zero attached hydrogens (tertiary/aromatic N) is 2. The van der Waals surface area contributed by atoms with E-state index in [4.69, 9.17) is 14.1 Å². The van der Waals surface area contributed by atoms with E-state index in [9.17, 15) is 4.79 Å². The first kappa shape index (κ1) is 17.8. The Labute approximate surface area is 168 Å². The average molecular weight is 389 g/mol. The van der Waals surface area contributed by atoms with E-state index in [0.717, 1.165) is 65.1 Å². The molecule has 1 saturated heterocycles. The molecule has 0 aliphatic carbocycles. The lowest BCUT2D eigenvalue weighted by atomic mass is 9.95. The summed E-state index contributed by atoms with van der Waals surface area (Å²) in [4.78, 5) is 23.0. The number of ether oxygens (including phenoxy) is 1. The van der Waals surface area contributed by atoms with E-state index in [1.807, 2.05) is 41.3 Å². The molecule has 5 rings (SSSR count). The summed E-state index contributed by atoms with van der Waals surface area (Å²) in [6.45, 7) is 1.51. The van der Waals surface area contributed by atoms with Gasteiger partial charge in [-0.15, -0.1) is 0 Å². The number of carbonyl (C=O) groups is 1. The molecule has 6 heteroatoms. The molecule has 1 N–H and O–H groups in total. The van der Waals surface area contributed by atoms with E-state index in [1.54, 1.807) is 13.4 Å². The molecule has 2 aromatic heterocycles. The average Bonchev–Trinajstić information content (AvgIpc) is 3.37. The molecule has 1 fully saturated rings. The summed E-state index contributed by atoms with van der Waals surface area (Å²) < 4.78 is 10.9. The van der Waals surface area contributed by atoms with Gasteiger partial charge in [0.2, 0.25) is 5.91 Å². The Kier molecular flexibility index (Phi) is 4.46. The second-order valence-electron chi connectivity index (χ2n) is 7.59. The number of carbonyl (C=O) groups excluding carboxylic acids is 1. The minimum atomic E-state index is 0.145. The normalized spacial score (nSPS) is 15.3. The molecule has 0 bridgehead atoms. The highest BCUT2D eigenvalue weighted by Crippen LogP contribution is 2.29. The fourth-order valence-corrected chi connectivity index (χ4v) is 4.17. The van der Waals surface area contributed by atoms with Crippen molar-refractivity contribution in [3.05, 3.63) is 60.1 Å². The van der Waals surface area contributed by atoms with Crippen LogP contribution in [-0.4, -0.2) is 41.0 Å². The van der Waals surface area contributed by atoms with Crippen LogP contribution in [0.5, 0.6) is 5.75 Å². The number of methoxy groups -OCH3 is 1. The van der Waals surface area contributed by atoms with Gasteiger partial charge in [0, 0.05) is 36.0 Å². The largest absolute Gasteiger partial charge is 0.497 e. The number of fused-ring (bicyclic) bond motifs is 2. The first-order chi connectivity index (χ1) is 14.2. The van der Waals surface area contributed by atoms with Crippen molar-refractivity contribution in [2.75, 3.05) is 20.2 Å². The van der Waals surface area contributed by atoms with Gasteiger partial charge >= 0.3 is 0 Å². The van der Waals surface area contributed by atoms with Crippen molar-refractivity contribution in [3.8, 4) is 5.75 Å². The summed E-state index contributed by atoms with van der Waals surface area (Å²) in [5, 5.41) is 0.969. The molecule has 2 aromatic carbocycles. The number of likely N-dealkylation sites (tertiary alicyclic amines) is 1. The maximum Gasteiger partial charge on any atom is 0.227 e. The quantitative estimate of drug-likeness (QED) is 0.566. The SMILES string of the molecule is COc1ccc2c(CC(=O)N3CCC(c4nc5ccccc5[nH]4)CC3)coc2c1. The molecule has 1 amide bonds. The number of piperidine rings is 1. The lowest BCUT2D eigenvalue weighted by molar-refractivity contribution is -0.131. The number of rotatable bonds is 4. The van der Waals surface area contributed by atoms with Gasteiger partial charge in [-0.25, -0.2) is 4.98 Å². The predicted molar refractivity (Wildman–Crippen MR) is 111 cm³/mol. The number of aromatic amines is 1. The number of benzene rings is 2. The highest BCUT2D eigenvalue weighted by molar-refractivity contribution is 5.88. The lowest BCUT2D eigenvalue weighted by Crippen LogP contribution is -2.38. The van der Waals surface area contributed by atoms with Crippen molar-refractivity contribution in [2.45, 2.75) is 25.2 Å². The Morgan fingerprint density at radius 3 is 2.86 bits per heavy atom. The number of nitrogens with one attached hydrogen (secondary N) is 1. The molecule has 0 spiro atoms. The molecule has 0 atom stereocenters. The number of para-hydroxylation sites is 2. The van der Waals surface area contributed by atoms with Gasteiger partial charge < -0.3 is 19.0 Å². The minimum absolute atomic E-state index is 0.145. The van der Waals surface area contributed by atoms with Crippen LogP contribution in [0.4, 0.5) is 0 Å². The van der Waals surface area contributed by atoms with E-state index in [1.165, 1.54) is 0 Å². The van der Waals surface area contributed by atoms with Crippen LogP contribution in [0.15, 0.2) is 53.1 Å². The van der Waals surface area contributed by atoms with Crippen molar-refractivity contribution in [2.24, 2.45) is 0 Å². The third-order valence-corrected chi connectivity index (χ3v) is 5.85. The van der Waals surface area contributed by atoms with E-state index < -0.39 is 0 Å². The summed E-state index contributed by atoms with van der Waals surface area (Å²) in [5.41, 5.74) is 3.75. The fourth-order valence-electron chi connectivity index (χ4n) is 4.17. The maximum absolute atomic E-state index is 12.9. The van der Waals surface area contributed by atoms with Gasteiger partial charge in [0.25, 0.3) is 0 Å². The summed E-state index contributed by atoms with van der Waals surface area (Å²) in [6, 6.07) is 13.8. The number of imidazole rings is 1. The number of furan rings is 1. The van der Waals surface area contributed by atoms with Crippen LogP contribution in [-0.2, 0) is 11.2 Å². The molecule has 1 aliphatic rings. The van der Waals surface area contributed by atoms with E-state index in [-0.39, 0.29) is 5.91 Å². The second kappa shape index (κ2) is 7.28. The zero-order chi connectivity index (χ0) is 19.8. The number of H-pyrrole nitrogens is 1. The molecule has 3 heterocycles. The highest BCUT2D eigenvalue weighted by atomic mass is 16.5. The Bertz CT molecular complexity index is 1140.